The fourth-order valence-corrected chi connectivity index (χ4v) is 2.16. The molecule has 0 heterocycles. The van der Waals surface area contributed by atoms with E-state index in [0.717, 1.165) is 23.4 Å². The Bertz CT molecular complexity index is 535. The molecule has 1 aromatic carbocycles. The molecular formula is C15H18N2O2. The first kappa shape index (κ1) is 13.3. The first-order valence-electron chi connectivity index (χ1n) is 6.42. The summed E-state index contributed by atoms with van der Waals surface area (Å²) in [5.74, 6) is 0.101. The molecule has 0 aliphatic heterocycles. The summed E-state index contributed by atoms with van der Waals surface area (Å²) in [6, 6.07) is 7.81. The lowest BCUT2D eigenvalue weighted by atomic mass is 10.1. The highest BCUT2D eigenvalue weighted by Gasteiger charge is 2.14. The van der Waals surface area contributed by atoms with Crippen molar-refractivity contribution in [3.05, 3.63) is 41.6 Å². The van der Waals surface area contributed by atoms with Gasteiger partial charge in [-0.05, 0) is 31.0 Å². The highest BCUT2D eigenvalue weighted by atomic mass is 16.1. The van der Waals surface area contributed by atoms with Crippen LogP contribution in [-0.2, 0) is 9.59 Å². The average molecular weight is 258 g/mol. The number of hydrogen-bond donors (Lipinski definition) is 2. The van der Waals surface area contributed by atoms with Gasteiger partial charge in [0, 0.05) is 36.8 Å². The van der Waals surface area contributed by atoms with E-state index in [9.17, 15) is 9.59 Å². The molecule has 0 saturated heterocycles. The van der Waals surface area contributed by atoms with Gasteiger partial charge < -0.3 is 10.6 Å². The third-order valence-electron chi connectivity index (χ3n) is 3.08. The Balaban J connectivity index is 2.06. The Morgan fingerprint density at radius 2 is 2.11 bits per heavy atom. The number of anilines is 1. The maximum Gasteiger partial charge on any atom is 0.221 e. The number of carbonyl (C=O) groups excluding carboxylic acids is 2. The van der Waals surface area contributed by atoms with Crippen LogP contribution >= 0.6 is 0 Å². The minimum Gasteiger partial charge on any atom is -0.382 e. The molecule has 1 unspecified atom stereocenters. The molecule has 2 rings (SSSR count). The monoisotopic (exact) mass is 258 g/mol. The lowest BCUT2D eigenvalue weighted by molar-refractivity contribution is -0.114. The van der Waals surface area contributed by atoms with E-state index in [1.807, 2.05) is 31.2 Å². The second-order valence-corrected chi connectivity index (χ2v) is 4.81. The van der Waals surface area contributed by atoms with Gasteiger partial charge in [0.15, 0.2) is 5.78 Å². The number of amides is 1. The maximum absolute atomic E-state index is 11.2. The maximum atomic E-state index is 11.2. The number of allylic oxidation sites excluding steroid dienone is 2. The molecule has 0 aromatic heterocycles. The van der Waals surface area contributed by atoms with Crippen LogP contribution in [0, 0.1) is 0 Å². The SMILES string of the molecule is CC(=O)Nc1cccc(C(C)NC2=CC(=O)CC2)c1. The summed E-state index contributed by atoms with van der Waals surface area (Å²) < 4.78 is 0. The van der Waals surface area contributed by atoms with Crippen LogP contribution in [0.4, 0.5) is 5.69 Å². The molecule has 19 heavy (non-hydrogen) atoms. The van der Waals surface area contributed by atoms with Gasteiger partial charge >= 0.3 is 0 Å². The van der Waals surface area contributed by atoms with Crippen LogP contribution in [0.1, 0.15) is 38.3 Å². The highest BCUT2D eigenvalue weighted by Crippen LogP contribution is 2.21. The van der Waals surface area contributed by atoms with Crippen LogP contribution in [0.3, 0.4) is 0 Å². The van der Waals surface area contributed by atoms with Crippen molar-refractivity contribution in [2.75, 3.05) is 5.32 Å². The molecule has 0 bridgehead atoms. The zero-order valence-corrected chi connectivity index (χ0v) is 11.2. The smallest absolute Gasteiger partial charge is 0.221 e. The van der Waals surface area contributed by atoms with Crippen molar-refractivity contribution in [2.45, 2.75) is 32.7 Å². The van der Waals surface area contributed by atoms with Gasteiger partial charge in [-0.25, -0.2) is 0 Å². The van der Waals surface area contributed by atoms with E-state index < -0.39 is 0 Å². The fourth-order valence-electron chi connectivity index (χ4n) is 2.16. The molecule has 1 aromatic rings. The van der Waals surface area contributed by atoms with Crippen molar-refractivity contribution in [2.24, 2.45) is 0 Å². The van der Waals surface area contributed by atoms with Gasteiger partial charge in [-0.15, -0.1) is 0 Å². The zero-order valence-electron chi connectivity index (χ0n) is 11.2. The molecule has 0 radical (unpaired) electrons. The summed E-state index contributed by atoms with van der Waals surface area (Å²) in [6.07, 6.45) is 3.06. The van der Waals surface area contributed by atoms with Crippen LogP contribution in [0.2, 0.25) is 0 Å². The summed E-state index contributed by atoms with van der Waals surface area (Å²) in [5.41, 5.74) is 2.85. The molecule has 0 fully saturated rings. The molecule has 0 saturated carbocycles. The summed E-state index contributed by atoms with van der Waals surface area (Å²) in [6.45, 7) is 3.53. The van der Waals surface area contributed by atoms with Gasteiger partial charge in [0.1, 0.15) is 0 Å². The van der Waals surface area contributed by atoms with Crippen molar-refractivity contribution < 1.29 is 9.59 Å². The zero-order chi connectivity index (χ0) is 13.8. The molecule has 1 amide bonds. The third-order valence-corrected chi connectivity index (χ3v) is 3.08. The van der Waals surface area contributed by atoms with E-state index in [2.05, 4.69) is 10.6 Å². The van der Waals surface area contributed by atoms with Crippen LogP contribution in [0.5, 0.6) is 0 Å². The number of hydrogen-bond acceptors (Lipinski definition) is 3. The predicted molar refractivity (Wildman–Crippen MR) is 74.6 cm³/mol. The Morgan fingerprint density at radius 3 is 2.74 bits per heavy atom. The van der Waals surface area contributed by atoms with E-state index in [4.69, 9.17) is 0 Å². The van der Waals surface area contributed by atoms with Crippen molar-refractivity contribution in [1.82, 2.24) is 5.32 Å². The molecule has 1 atom stereocenters. The number of rotatable bonds is 4. The first-order valence-corrected chi connectivity index (χ1v) is 6.42. The molecular weight excluding hydrogens is 240 g/mol. The Labute approximate surface area is 112 Å². The molecule has 1 aliphatic rings. The summed E-state index contributed by atoms with van der Waals surface area (Å²) in [7, 11) is 0. The van der Waals surface area contributed by atoms with Gasteiger partial charge in [0.2, 0.25) is 5.91 Å². The standard InChI is InChI=1S/C15H18N2O2/c1-10(16-14-6-7-15(19)9-14)12-4-3-5-13(8-12)17-11(2)18/h3-5,8-10,16H,6-7H2,1-2H3,(H,17,18). The number of benzene rings is 1. The molecule has 0 spiro atoms. The lowest BCUT2D eigenvalue weighted by Gasteiger charge is -2.17. The second kappa shape index (κ2) is 5.69. The minimum absolute atomic E-state index is 0.0816. The Kier molecular flexibility index (Phi) is 4.00. The largest absolute Gasteiger partial charge is 0.382 e. The summed E-state index contributed by atoms with van der Waals surface area (Å²) in [5, 5.41) is 6.10. The van der Waals surface area contributed by atoms with Crippen LogP contribution in [0.25, 0.3) is 0 Å². The Hall–Kier alpha value is -2.10. The average Bonchev–Trinajstić information content (AvgIpc) is 2.74. The van der Waals surface area contributed by atoms with Crippen molar-refractivity contribution in [1.29, 1.82) is 0 Å². The van der Waals surface area contributed by atoms with Gasteiger partial charge in [-0.3, -0.25) is 9.59 Å². The fraction of sp³-hybridized carbons (Fsp3) is 0.333. The molecule has 100 valence electrons. The summed E-state index contributed by atoms with van der Waals surface area (Å²) >= 11 is 0. The number of nitrogens with one attached hydrogen (secondary N) is 2. The van der Waals surface area contributed by atoms with Crippen molar-refractivity contribution in [3.63, 3.8) is 0 Å². The van der Waals surface area contributed by atoms with E-state index >= 15 is 0 Å². The number of carbonyl (C=O) groups is 2. The first-order chi connectivity index (χ1) is 9.04. The lowest BCUT2D eigenvalue weighted by Crippen LogP contribution is -2.17. The predicted octanol–water partition coefficient (Wildman–Crippen LogP) is 2.54. The van der Waals surface area contributed by atoms with E-state index in [1.54, 1.807) is 6.08 Å². The van der Waals surface area contributed by atoms with Crippen molar-refractivity contribution >= 4 is 17.4 Å². The van der Waals surface area contributed by atoms with Gasteiger partial charge in [0.05, 0.1) is 0 Å². The van der Waals surface area contributed by atoms with Crippen LogP contribution < -0.4 is 10.6 Å². The summed E-state index contributed by atoms with van der Waals surface area (Å²) in [4.78, 5) is 22.2. The second-order valence-electron chi connectivity index (χ2n) is 4.81. The normalized spacial score (nSPS) is 15.9. The Morgan fingerprint density at radius 1 is 1.32 bits per heavy atom. The molecule has 4 nitrogen and oxygen atoms in total. The van der Waals surface area contributed by atoms with E-state index in [1.165, 1.54) is 6.92 Å². The van der Waals surface area contributed by atoms with Crippen LogP contribution in [0.15, 0.2) is 36.0 Å². The molecule has 2 N–H and O–H groups in total. The molecule has 1 aliphatic carbocycles. The number of ketones is 1. The van der Waals surface area contributed by atoms with Crippen LogP contribution in [-0.4, -0.2) is 11.7 Å². The van der Waals surface area contributed by atoms with E-state index in [0.29, 0.717) is 6.42 Å². The van der Waals surface area contributed by atoms with Gasteiger partial charge in [-0.2, -0.15) is 0 Å². The van der Waals surface area contributed by atoms with Gasteiger partial charge in [0.25, 0.3) is 0 Å². The van der Waals surface area contributed by atoms with E-state index in [-0.39, 0.29) is 17.7 Å². The third kappa shape index (κ3) is 3.68. The quantitative estimate of drug-likeness (QED) is 0.872. The van der Waals surface area contributed by atoms with Gasteiger partial charge in [-0.1, -0.05) is 12.1 Å². The molecule has 4 heteroatoms. The highest BCUT2D eigenvalue weighted by molar-refractivity contribution is 5.92. The van der Waals surface area contributed by atoms with Crippen molar-refractivity contribution in [3.8, 4) is 0 Å². The topological polar surface area (TPSA) is 58.2 Å². The minimum atomic E-state index is -0.0816.